The molecule has 2 nitrogen and oxygen atoms in total. The second kappa shape index (κ2) is 6.05. The van der Waals surface area contributed by atoms with Crippen molar-refractivity contribution in [3.8, 4) is 0 Å². The number of benzene rings is 1. The lowest BCUT2D eigenvalue weighted by Crippen LogP contribution is -2.25. The van der Waals surface area contributed by atoms with Gasteiger partial charge in [-0.05, 0) is 54.8 Å². The smallest absolute Gasteiger partial charge is 0.0454 e. The predicted octanol–water partition coefficient (Wildman–Crippen LogP) is 4.08. The lowest BCUT2D eigenvalue weighted by molar-refractivity contribution is 0.451. The van der Waals surface area contributed by atoms with Gasteiger partial charge in [-0.15, -0.1) is 0 Å². The number of nitrogens with one attached hydrogen (secondary N) is 2. The van der Waals surface area contributed by atoms with Crippen molar-refractivity contribution < 1.29 is 0 Å². The molecule has 1 aromatic heterocycles. The molecule has 1 heterocycles. The number of H-pyrrole nitrogens is 1. The first-order valence-electron chi connectivity index (χ1n) is 6.94. The van der Waals surface area contributed by atoms with E-state index in [2.05, 4.69) is 55.3 Å². The van der Waals surface area contributed by atoms with E-state index in [9.17, 15) is 0 Å². The number of hydrogen-bond acceptors (Lipinski definition) is 1. The Kier molecular flexibility index (Phi) is 4.43. The van der Waals surface area contributed by atoms with Crippen molar-refractivity contribution in [2.45, 2.75) is 46.2 Å². The van der Waals surface area contributed by atoms with Gasteiger partial charge >= 0.3 is 0 Å². The fraction of sp³-hybridized carbons (Fsp3) is 0.500. The van der Waals surface area contributed by atoms with Gasteiger partial charge in [0.15, 0.2) is 0 Å². The number of hydrogen-bond donors (Lipinski definition) is 2. The maximum absolute atomic E-state index is 3.60. The summed E-state index contributed by atoms with van der Waals surface area (Å²) in [4.78, 5) is 3.22. The molecule has 2 aromatic rings. The average molecular weight is 244 g/mol. The number of aromatic amines is 1. The molecule has 0 aliphatic rings. The summed E-state index contributed by atoms with van der Waals surface area (Å²) in [6.45, 7) is 7.80. The van der Waals surface area contributed by atoms with E-state index in [-0.39, 0.29) is 0 Å². The molecule has 0 bridgehead atoms. The summed E-state index contributed by atoms with van der Waals surface area (Å²) in [7, 11) is 0. The van der Waals surface area contributed by atoms with Gasteiger partial charge in [-0.25, -0.2) is 0 Å². The molecule has 0 aliphatic heterocycles. The fourth-order valence-corrected chi connectivity index (χ4v) is 2.19. The summed E-state index contributed by atoms with van der Waals surface area (Å²) in [6, 6.07) is 9.33. The SMILES string of the molecule is CC(C)CCC(C)NCc1ccc2[nH]ccc2c1. The third-order valence-electron chi connectivity index (χ3n) is 3.45. The van der Waals surface area contributed by atoms with Crippen LogP contribution >= 0.6 is 0 Å². The quantitative estimate of drug-likeness (QED) is 0.787. The van der Waals surface area contributed by atoms with Crippen LogP contribution in [-0.2, 0) is 6.54 Å². The van der Waals surface area contributed by atoms with Crippen molar-refractivity contribution in [1.29, 1.82) is 0 Å². The first-order valence-corrected chi connectivity index (χ1v) is 6.94. The Morgan fingerprint density at radius 1 is 1.11 bits per heavy atom. The van der Waals surface area contributed by atoms with Crippen LogP contribution in [0.3, 0.4) is 0 Å². The highest BCUT2D eigenvalue weighted by atomic mass is 14.9. The molecule has 0 aliphatic carbocycles. The van der Waals surface area contributed by atoms with Crippen molar-refractivity contribution in [1.82, 2.24) is 10.3 Å². The van der Waals surface area contributed by atoms with Gasteiger partial charge in [-0.1, -0.05) is 19.9 Å². The molecule has 2 N–H and O–H groups in total. The number of aromatic nitrogens is 1. The van der Waals surface area contributed by atoms with E-state index in [4.69, 9.17) is 0 Å². The highest BCUT2D eigenvalue weighted by Gasteiger charge is 2.04. The van der Waals surface area contributed by atoms with Gasteiger partial charge in [0.05, 0.1) is 0 Å². The molecule has 98 valence electrons. The van der Waals surface area contributed by atoms with Gasteiger partial charge in [0.1, 0.15) is 0 Å². The molecule has 0 radical (unpaired) electrons. The van der Waals surface area contributed by atoms with E-state index in [1.54, 1.807) is 0 Å². The summed E-state index contributed by atoms with van der Waals surface area (Å²) in [6.07, 6.45) is 4.54. The van der Waals surface area contributed by atoms with Crippen LogP contribution in [0.4, 0.5) is 0 Å². The van der Waals surface area contributed by atoms with E-state index in [0.29, 0.717) is 6.04 Å². The minimum absolute atomic E-state index is 0.592. The standard InChI is InChI=1S/C16H24N2/c1-12(2)4-5-13(3)18-11-14-6-7-16-15(10-14)8-9-17-16/h6-10,12-13,17-18H,4-5,11H2,1-3H3. The fourth-order valence-electron chi connectivity index (χ4n) is 2.19. The van der Waals surface area contributed by atoms with Gasteiger partial charge in [0.25, 0.3) is 0 Å². The Hall–Kier alpha value is -1.28. The lowest BCUT2D eigenvalue weighted by Gasteiger charge is -2.15. The minimum Gasteiger partial charge on any atom is -0.361 e. The minimum atomic E-state index is 0.592. The van der Waals surface area contributed by atoms with Crippen LogP contribution in [0.2, 0.25) is 0 Å². The zero-order chi connectivity index (χ0) is 13.0. The molecular formula is C16H24N2. The van der Waals surface area contributed by atoms with Crippen LogP contribution in [0.1, 0.15) is 39.2 Å². The highest BCUT2D eigenvalue weighted by Crippen LogP contribution is 2.14. The van der Waals surface area contributed by atoms with E-state index in [0.717, 1.165) is 12.5 Å². The predicted molar refractivity (Wildman–Crippen MR) is 78.7 cm³/mol. The Labute approximate surface area is 110 Å². The van der Waals surface area contributed by atoms with Crippen LogP contribution in [0.15, 0.2) is 30.5 Å². The van der Waals surface area contributed by atoms with Gasteiger partial charge in [-0.2, -0.15) is 0 Å². The Bertz CT molecular complexity index is 485. The summed E-state index contributed by atoms with van der Waals surface area (Å²) in [5, 5.41) is 4.90. The molecule has 0 spiro atoms. The summed E-state index contributed by atoms with van der Waals surface area (Å²) in [5.41, 5.74) is 2.57. The summed E-state index contributed by atoms with van der Waals surface area (Å²) >= 11 is 0. The van der Waals surface area contributed by atoms with Crippen LogP contribution in [0.25, 0.3) is 10.9 Å². The molecule has 1 atom stereocenters. The van der Waals surface area contributed by atoms with Crippen LogP contribution in [0, 0.1) is 5.92 Å². The maximum atomic E-state index is 3.60. The summed E-state index contributed by atoms with van der Waals surface area (Å²) < 4.78 is 0. The molecule has 0 fully saturated rings. The molecule has 2 rings (SSSR count). The Morgan fingerprint density at radius 3 is 2.72 bits per heavy atom. The molecule has 1 aromatic carbocycles. The first kappa shape index (κ1) is 13.2. The van der Waals surface area contributed by atoms with Crippen molar-refractivity contribution in [2.75, 3.05) is 0 Å². The maximum Gasteiger partial charge on any atom is 0.0454 e. The molecule has 0 amide bonds. The Balaban J connectivity index is 1.85. The van der Waals surface area contributed by atoms with Crippen LogP contribution in [0.5, 0.6) is 0 Å². The third kappa shape index (κ3) is 3.61. The molecular weight excluding hydrogens is 220 g/mol. The molecule has 1 unspecified atom stereocenters. The molecule has 18 heavy (non-hydrogen) atoms. The highest BCUT2D eigenvalue weighted by molar-refractivity contribution is 5.79. The van der Waals surface area contributed by atoms with Crippen molar-refractivity contribution >= 4 is 10.9 Å². The van der Waals surface area contributed by atoms with Gasteiger partial charge < -0.3 is 10.3 Å². The van der Waals surface area contributed by atoms with Crippen LogP contribution in [-0.4, -0.2) is 11.0 Å². The lowest BCUT2D eigenvalue weighted by atomic mass is 10.0. The summed E-state index contributed by atoms with van der Waals surface area (Å²) in [5.74, 6) is 0.797. The Morgan fingerprint density at radius 2 is 1.94 bits per heavy atom. The zero-order valence-corrected chi connectivity index (χ0v) is 11.7. The largest absolute Gasteiger partial charge is 0.361 e. The average Bonchev–Trinajstić information content (AvgIpc) is 2.81. The van der Waals surface area contributed by atoms with E-state index in [1.807, 2.05) is 6.20 Å². The van der Waals surface area contributed by atoms with Gasteiger partial charge in [-0.3, -0.25) is 0 Å². The number of rotatable bonds is 6. The normalized spacial score (nSPS) is 13.3. The zero-order valence-electron chi connectivity index (χ0n) is 11.7. The number of fused-ring (bicyclic) bond motifs is 1. The van der Waals surface area contributed by atoms with E-state index in [1.165, 1.54) is 29.3 Å². The monoisotopic (exact) mass is 244 g/mol. The van der Waals surface area contributed by atoms with Crippen molar-refractivity contribution in [3.63, 3.8) is 0 Å². The molecule has 2 heteroatoms. The molecule has 0 saturated carbocycles. The topological polar surface area (TPSA) is 27.8 Å². The van der Waals surface area contributed by atoms with Crippen LogP contribution < -0.4 is 5.32 Å². The van der Waals surface area contributed by atoms with Gasteiger partial charge in [0, 0.05) is 24.3 Å². The second-order valence-corrected chi connectivity index (χ2v) is 5.65. The second-order valence-electron chi connectivity index (χ2n) is 5.65. The van der Waals surface area contributed by atoms with Crippen molar-refractivity contribution in [2.24, 2.45) is 5.92 Å². The van der Waals surface area contributed by atoms with E-state index >= 15 is 0 Å². The van der Waals surface area contributed by atoms with Gasteiger partial charge in [0.2, 0.25) is 0 Å². The first-order chi connectivity index (χ1) is 8.65. The van der Waals surface area contributed by atoms with E-state index < -0.39 is 0 Å². The van der Waals surface area contributed by atoms with Crippen molar-refractivity contribution in [3.05, 3.63) is 36.0 Å². The third-order valence-corrected chi connectivity index (χ3v) is 3.45. The molecule has 0 saturated heterocycles.